The van der Waals surface area contributed by atoms with Crippen LogP contribution in [0.4, 0.5) is 11.4 Å². The number of hydrogen-bond acceptors (Lipinski definition) is 3. The minimum Gasteiger partial charge on any atom is -0.378 e. The normalized spacial score (nSPS) is 24.1. The maximum Gasteiger partial charge on any atom is 0.0367 e. The van der Waals surface area contributed by atoms with Crippen LogP contribution in [-0.2, 0) is 0 Å². The van der Waals surface area contributed by atoms with Crippen molar-refractivity contribution in [2.45, 2.75) is 32.7 Å². The zero-order valence-corrected chi connectivity index (χ0v) is 13.4. The average molecular weight is 275 g/mol. The SMILES string of the molecule is CCC1CCN(c2ccc(N(C)C)cc2)CC(C)CN1. The largest absolute Gasteiger partial charge is 0.378 e. The van der Waals surface area contributed by atoms with Gasteiger partial charge in [0, 0.05) is 44.6 Å². The summed E-state index contributed by atoms with van der Waals surface area (Å²) < 4.78 is 0. The van der Waals surface area contributed by atoms with Crippen molar-refractivity contribution in [2.75, 3.05) is 43.5 Å². The predicted molar refractivity (Wildman–Crippen MR) is 88.8 cm³/mol. The van der Waals surface area contributed by atoms with Crippen molar-refractivity contribution in [1.29, 1.82) is 0 Å². The van der Waals surface area contributed by atoms with Gasteiger partial charge in [-0.1, -0.05) is 13.8 Å². The molecule has 1 N–H and O–H groups in total. The fraction of sp³-hybridized carbons (Fsp3) is 0.647. The molecule has 0 bridgehead atoms. The van der Waals surface area contributed by atoms with Crippen LogP contribution in [0.3, 0.4) is 0 Å². The smallest absolute Gasteiger partial charge is 0.0367 e. The van der Waals surface area contributed by atoms with E-state index in [4.69, 9.17) is 0 Å². The van der Waals surface area contributed by atoms with Gasteiger partial charge in [-0.05, 0) is 49.6 Å². The molecule has 0 saturated carbocycles. The van der Waals surface area contributed by atoms with Gasteiger partial charge in [-0.25, -0.2) is 0 Å². The second-order valence-electron chi connectivity index (χ2n) is 6.26. The third-order valence-corrected chi connectivity index (χ3v) is 4.26. The Morgan fingerprint density at radius 2 is 1.95 bits per heavy atom. The predicted octanol–water partition coefficient (Wildman–Crippen LogP) is 2.97. The maximum atomic E-state index is 3.68. The van der Waals surface area contributed by atoms with Gasteiger partial charge in [0.2, 0.25) is 0 Å². The van der Waals surface area contributed by atoms with E-state index < -0.39 is 0 Å². The summed E-state index contributed by atoms with van der Waals surface area (Å²) >= 11 is 0. The van der Waals surface area contributed by atoms with E-state index in [0.717, 1.165) is 19.6 Å². The second kappa shape index (κ2) is 6.98. The molecular weight excluding hydrogens is 246 g/mol. The van der Waals surface area contributed by atoms with Crippen molar-refractivity contribution < 1.29 is 0 Å². The molecule has 1 heterocycles. The van der Waals surface area contributed by atoms with E-state index in [2.05, 4.69) is 67.3 Å². The molecule has 1 aromatic rings. The van der Waals surface area contributed by atoms with E-state index in [9.17, 15) is 0 Å². The molecular formula is C17H29N3. The highest BCUT2D eigenvalue weighted by molar-refractivity contribution is 5.55. The minimum absolute atomic E-state index is 0.668. The summed E-state index contributed by atoms with van der Waals surface area (Å²) in [6.07, 6.45) is 2.46. The summed E-state index contributed by atoms with van der Waals surface area (Å²) in [7, 11) is 4.18. The van der Waals surface area contributed by atoms with Gasteiger partial charge in [0.1, 0.15) is 0 Å². The van der Waals surface area contributed by atoms with Gasteiger partial charge in [-0.2, -0.15) is 0 Å². The van der Waals surface area contributed by atoms with Crippen LogP contribution < -0.4 is 15.1 Å². The van der Waals surface area contributed by atoms with Gasteiger partial charge >= 0.3 is 0 Å². The van der Waals surface area contributed by atoms with Crippen LogP contribution in [0.5, 0.6) is 0 Å². The Labute approximate surface area is 124 Å². The van der Waals surface area contributed by atoms with Gasteiger partial charge in [0.25, 0.3) is 0 Å². The van der Waals surface area contributed by atoms with E-state index in [1.54, 1.807) is 0 Å². The summed E-state index contributed by atoms with van der Waals surface area (Å²) in [6, 6.07) is 9.62. The van der Waals surface area contributed by atoms with Crippen LogP contribution in [-0.4, -0.2) is 39.8 Å². The fourth-order valence-electron chi connectivity index (χ4n) is 2.86. The molecule has 1 saturated heterocycles. The third kappa shape index (κ3) is 3.89. The Bertz CT molecular complexity index is 399. The molecule has 1 fully saturated rings. The lowest BCUT2D eigenvalue weighted by molar-refractivity contribution is 0.388. The molecule has 3 nitrogen and oxygen atoms in total. The molecule has 2 rings (SSSR count). The molecule has 1 aliphatic heterocycles. The summed E-state index contributed by atoms with van der Waals surface area (Å²) in [6.45, 7) is 8.04. The first-order chi connectivity index (χ1) is 9.60. The molecule has 1 aliphatic rings. The molecule has 1 aromatic carbocycles. The van der Waals surface area contributed by atoms with Crippen LogP contribution >= 0.6 is 0 Å². The van der Waals surface area contributed by atoms with Crippen molar-refractivity contribution in [1.82, 2.24) is 5.32 Å². The number of anilines is 2. The van der Waals surface area contributed by atoms with Gasteiger partial charge in [0.05, 0.1) is 0 Å². The van der Waals surface area contributed by atoms with Crippen LogP contribution in [0, 0.1) is 5.92 Å². The van der Waals surface area contributed by atoms with Crippen molar-refractivity contribution in [2.24, 2.45) is 5.92 Å². The Hall–Kier alpha value is -1.22. The van der Waals surface area contributed by atoms with E-state index in [-0.39, 0.29) is 0 Å². The molecule has 0 amide bonds. The molecule has 0 aliphatic carbocycles. The lowest BCUT2D eigenvalue weighted by Gasteiger charge is -2.33. The molecule has 3 heteroatoms. The molecule has 20 heavy (non-hydrogen) atoms. The van der Waals surface area contributed by atoms with Gasteiger partial charge < -0.3 is 15.1 Å². The lowest BCUT2D eigenvalue weighted by atomic mass is 10.0. The first-order valence-electron chi connectivity index (χ1n) is 7.86. The van der Waals surface area contributed by atoms with Crippen LogP contribution in [0.1, 0.15) is 26.7 Å². The quantitative estimate of drug-likeness (QED) is 0.915. The Morgan fingerprint density at radius 1 is 1.25 bits per heavy atom. The maximum absolute atomic E-state index is 3.68. The summed E-state index contributed by atoms with van der Waals surface area (Å²) in [5.74, 6) is 0.692. The van der Waals surface area contributed by atoms with Crippen molar-refractivity contribution in [3.8, 4) is 0 Å². The Kier molecular flexibility index (Phi) is 5.30. The molecule has 2 atom stereocenters. The molecule has 112 valence electrons. The van der Waals surface area contributed by atoms with Crippen molar-refractivity contribution in [3.05, 3.63) is 24.3 Å². The first-order valence-corrected chi connectivity index (χ1v) is 7.86. The van der Waals surface area contributed by atoms with Crippen LogP contribution in [0.2, 0.25) is 0 Å². The van der Waals surface area contributed by atoms with Crippen LogP contribution in [0.25, 0.3) is 0 Å². The monoisotopic (exact) mass is 275 g/mol. The number of nitrogens with one attached hydrogen (secondary N) is 1. The minimum atomic E-state index is 0.668. The highest BCUT2D eigenvalue weighted by atomic mass is 15.1. The molecule has 2 unspecified atom stereocenters. The number of benzene rings is 1. The highest BCUT2D eigenvalue weighted by Gasteiger charge is 2.18. The molecule has 0 aromatic heterocycles. The van der Waals surface area contributed by atoms with E-state index in [1.165, 1.54) is 24.2 Å². The van der Waals surface area contributed by atoms with Gasteiger partial charge in [-0.3, -0.25) is 0 Å². The Morgan fingerprint density at radius 3 is 2.55 bits per heavy atom. The average Bonchev–Trinajstić information content (AvgIpc) is 2.43. The third-order valence-electron chi connectivity index (χ3n) is 4.26. The number of hydrogen-bond donors (Lipinski definition) is 1. The fourth-order valence-corrected chi connectivity index (χ4v) is 2.86. The van der Waals surface area contributed by atoms with Gasteiger partial charge in [0.15, 0.2) is 0 Å². The van der Waals surface area contributed by atoms with E-state index in [0.29, 0.717) is 12.0 Å². The number of nitrogens with zero attached hydrogens (tertiary/aromatic N) is 2. The summed E-state index contributed by atoms with van der Waals surface area (Å²) in [5.41, 5.74) is 2.63. The van der Waals surface area contributed by atoms with E-state index in [1.807, 2.05) is 0 Å². The summed E-state index contributed by atoms with van der Waals surface area (Å²) in [5, 5.41) is 3.68. The molecule has 0 radical (unpaired) electrons. The topological polar surface area (TPSA) is 18.5 Å². The van der Waals surface area contributed by atoms with Gasteiger partial charge in [-0.15, -0.1) is 0 Å². The first kappa shape index (κ1) is 15.2. The zero-order chi connectivity index (χ0) is 14.5. The lowest BCUT2D eigenvalue weighted by Crippen LogP contribution is -2.43. The van der Waals surface area contributed by atoms with Crippen molar-refractivity contribution >= 4 is 11.4 Å². The van der Waals surface area contributed by atoms with E-state index >= 15 is 0 Å². The Balaban J connectivity index is 2.08. The molecule has 0 spiro atoms. The number of rotatable bonds is 3. The standard InChI is InChI=1S/C17H29N3/c1-5-15-10-11-20(13-14(2)12-18-15)17-8-6-16(7-9-17)19(3)4/h6-9,14-15,18H,5,10-13H2,1-4H3. The summed E-state index contributed by atoms with van der Waals surface area (Å²) in [4.78, 5) is 4.70. The zero-order valence-electron chi connectivity index (χ0n) is 13.4. The second-order valence-corrected chi connectivity index (χ2v) is 6.26. The highest BCUT2D eigenvalue weighted by Crippen LogP contribution is 2.22. The van der Waals surface area contributed by atoms with Crippen LogP contribution in [0.15, 0.2) is 24.3 Å². The van der Waals surface area contributed by atoms with Crippen molar-refractivity contribution in [3.63, 3.8) is 0 Å².